The largest absolute Gasteiger partial charge is 0.433 e. The summed E-state index contributed by atoms with van der Waals surface area (Å²) in [6, 6.07) is 3.45. The minimum atomic E-state index is -4.53. The molecule has 2 aromatic rings. The summed E-state index contributed by atoms with van der Waals surface area (Å²) in [5.74, 6) is 0.314. The van der Waals surface area contributed by atoms with Crippen LogP contribution in [0.2, 0.25) is 0 Å². The molecule has 0 atom stereocenters. The molecular formula is C15H15F3N4O. The summed E-state index contributed by atoms with van der Waals surface area (Å²) in [6.07, 6.45) is -1.89. The fraction of sp³-hybridized carbons (Fsp3) is 0.333. The maximum absolute atomic E-state index is 12.6. The molecule has 0 spiro atoms. The van der Waals surface area contributed by atoms with E-state index < -0.39 is 17.8 Å². The third-order valence-corrected chi connectivity index (χ3v) is 2.91. The molecule has 0 aliphatic heterocycles. The number of carbonyl (C=O) groups is 1. The number of halogens is 3. The summed E-state index contributed by atoms with van der Waals surface area (Å²) < 4.78 is 37.7. The number of hydrogen-bond acceptors (Lipinski definition) is 4. The molecule has 5 nitrogen and oxygen atoms in total. The van der Waals surface area contributed by atoms with Crippen molar-refractivity contribution >= 4 is 11.6 Å². The Balaban J connectivity index is 2.02. The van der Waals surface area contributed by atoms with Crippen LogP contribution >= 0.6 is 0 Å². The summed E-state index contributed by atoms with van der Waals surface area (Å²) in [4.78, 5) is 23.5. The molecule has 0 radical (unpaired) electrons. The van der Waals surface area contributed by atoms with Crippen LogP contribution in [0.4, 0.5) is 18.9 Å². The normalized spacial score (nSPS) is 11.6. The van der Waals surface area contributed by atoms with E-state index in [1.165, 1.54) is 24.5 Å². The van der Waals surface area contributed by atoms with Crippen LogP contribution in [-0.2, 0) is 17.4 Å². The van der Waals surface area contributed by atoms with Gasteiger partial charge in [-0.15, -0.1) is 0 Å². The third-order valence-electron chi connectivity index (χ3n) is 2.91. The van der Waals surface area contributed by atoms with Crippen molar-refractivity contribution in [2.45, 2.75) is 32.4 Å². The fourth-order valence-electron chi connectivity index (χ4n) is 1.81. The molecule has 1 amide bonds. The summed E-state index contributed by atoms with van der Waals surface area (Å²) >= 11 is 0. The average Bonchev–Trinajstić information content (AvgIpc) is 2.47. The molecule has 0 saturated heterocycles. The Morgan fingerprint density at radius 1 is 1.22 bits per heavy atom. The molecule has 0 unspecified atom stereocenters. The highest BCUT2D eigenvalue weighted by Gasteiger charge is 2.32. The topological polar surface area (TPSA) is 67.8 Å². The Kier molecular flexibility index (Phi) is 4.92. The summed E-state index contributed by atoms with van der Waals surface area (Å²) in [5.41, 5.74) is -0.601. The van der Waals surface area contributed by atoms with E-state index >= 15 is 0 Å². The monoisotopic (exact) mass is 324 g/mol. The van der Waals surface area contributed by atoms with Crippen LogP contribution in [-0.4, -0.2) is 20.9 Å². The van der Waals surface area contributed by atoms with Crippen molar-refractivity contribution in [2.75, 3.05) is 5.32 Å². The van der Waals surface area contributed by atoms with Gasteiger partial charge in [0, 0.05) is 5.92 Å². The van der Waals surface area contributed by atoms with E-state index in [9.17, 15) is 18.0 Å². The van der Waals surface area contributed by atoms with Crippen LogP contribution < -0.4 is 5.32 Å². The highest BCUT2D eigenvalue weighted by Crippen LogP contribution is 2.27. The SMILES string of the molecule is CC(C)c1ncc(NC(=O)Cc2cccc(C(F)(F)F)n2)cn1. The van der Waals surface area contributed by atoms with Crippen molar-refractivity contribution in [2.24, 2.45) is 0 Å². The first kappa shape index (κ1) is 16.9. The molecule has 0 aromatic carbocycles. The number of hydrogen-bond donors (Lipinski definition) is 1. The number of carbonyl (C=O) groups excluding carboxylic acids is 1. The van der Waals surface area contributed by atoms with Gasteiger partial charge in [-0.2, -0.15) is 13.2 Å². The first-order chi connectivity index (χ1) is 10.8. The zero-order valence-corrected chi connectivity index (χ0v) is 12.6. The summed E-state index contributed by atoms with van der Waals surface area (Å²) in [7, 11) is 0. The van der Waals surface area contributed by atoms with Crippen LogP contribution in [0.1, 0.15) is 37.0 Å². The van der Waals surface area contributed by atoms with Gasteiger partial charge in [-0.3, -0.25) is 4.79 Å². The van der Waals surface area contributed by atoms with Gasteiger partial charge in [0.25, 0.3) is 0 Å². The predicted molar refractivity (Wildman–Crippen MR) is 77.7 cm³/mol. The number of nitrogens with one attached hydrogen (secondary N) is 1. The summed E-state index contributed by atoms with van der Waals surface area (Å²) in [5, 5.41) is 2.53. The number of anilines is 1. The molecule has 0 fully saturated rings. The predicted octanol–water partition coefficient (Wildman–Crippen LogP) is 3.20. The van der Waals surface area contributed by atoms with Crippen molar-refractivity contribution in [3.63, 3.8) is 0 Å². The number of aromatic nitrogens is 3. The minimum absolute atomic E-state index is 0.0389. The Labute approximate surface area is 131 Å². The molecule has 0 aliphatic carbocycles. The van der Waals surface area contributed by atoms with E-state index in [-0.39, 0.29) is 18.0 Å². The molecule has 23 heavy (non-hydrogen) atoms. The van der Waals surface area contributed by atoms with Gasteiger partial charge in [0.05, 0.1) is 30.2 Å². The molecule has 8 heteroatoms. The van der Waals surface area contributed by atoms with E-state index in [1.54, 1.807) is 0 Å². The molecule has 2 aromatic heterocycles. The minimum Gasteiger partial charge on any atom is -0.323 e. The Hall–Kier alpha value is -2.51. The smallest absolute Gasteiger partial charge is 0.323 e. The average molecular weight is 324 g/mol. The number of amides is 1. The highest BCUT2D eigenvalue weighted by atomic mass is 19.4. The Morgan fingerprint density at radius 2 is 1.87 bits per heavy atom. The van der Waals surface area contributed by atoms with Gasteiger partial charge in [0.2, 0.25) is 5.91 Å². The quantitative estimate of drug-likeness (QED) is 0.938. The molecular weight excluding hydrogens is 309 g/mol. The first-order valence-corrected chi connectivity index (χ1v) is 6.90. The van der Waals surface area contributed by atoms with Gasteiger partial charge in [-0.25, -0.2) is 15.0 Å². The van der Waals surface area contributed by atoms with E-state index in [4.69, 9.17) is 0 Å². The lowest BCUT2D eigenvalue weighted by Crippen LogP contribution is -2.17. The number of rotatable bonds is 4. The molecule has 2 rings (SSSR count). The first-order valence-electron chi connectivity index (χ1n) is 6.90. The lowest BCUT2D eigenvalue weighted by atomic mass is 10.2. The zero-order valence-electron chi connectivity index (χ0n) is 12.6. The van der Waals surface area contributed by atoms with E-state index in [0.29, 0.717) is 11.5 Å². The zero-order chi connectivity index (χ0) is 17.0. The van der Waals surface area contributed by atoms with Gasteiger partial charge in [0.15, 0.2) is 0 Å². The Bertz CT molecular complexity index is 684. The van der Waals surface area contributed by atoms with Gasteiger partial charge in [0.1, 0.15) is 11.5 Å². The van der Waals surface area contributed by atoms with Crippen LogP contribution in [0.15, 0.2) is 30.6 Å². The van der Waals surface area contributed by atoms with E-state index in [0.717, 1.165) is 6.07 Å². The number of nitrogens with zero attached hydrogens (tertiary/aromatic N) is 3. The molecule has 0 bridgehead atoms. The molecule has 122 valence electrons. The fourth-order valence-corrected chi connectivity index (χ4v) is 1.81. The second-order valence-electron chi connectivity index (χ2n) is 5.22. The Morgan fingerprint density at radius 3 is 2.43 bits per heavy atom. The summed E-state index contributed by atoms with van der Waals surface area (Å²) in [6.45, 7) is 3.87. The second-order valence-corrected chi connectivity index (χ2v) is 5.22. The maximum Gasteiger partial charge on any atom is 0.433 e. The van der Waals surface area contributed by atoms with Gasteiger partial charge in [-0.1, -0.05) is 19.9 Å². The van der Waals surface area contributed by atoms with Gasteiger partial charge >= 0.3 is 6.18 Å². The molecule has 0 aliphatic rings. The lowest BCUT2D eigenvalue weighted by Gasteiger charge is -2.08. The molecule has 2 heterocycles. The van der Waals surface area contributed by atoms with Crippen LogP contribution in [0.3, 0.4) is 0 Å². The highest BCUT2D eigenvalue weighted by molar-refractivity contribution is 5.91. The van der Waals surface area contributed by atoms with Gasteiger partial charge < -0.3 is 5.32 Å². The van der Waals surface area contributed by atoms with Crippen LogP contribution in [0.5, 0.6) is 0 Å². The molecule has 1 N–H and O–H groups in total. The van der Waals surface area contributed by atoms with Crippen molar-refractivity contribution in [3.05, 3.63) is 47.8 Å². The standard InChI is InChI=1S/C15H15F3N4O/c1-9(2)14-19-7-11(8-20-14)22-13(23)6-10-4-3-5-12(21-10)15(16,17)18/h3-5,7-9H,6H2,1-2H3,(H,22,23). The van der Waals surface area contributed by atoms with Crippen LogP contribution in [0.25, 0.3) is 0 Å². The van der Waals surface area contributed by atoms with Crippen molar-refractivity contribution in [1.82, 2.24) is 15.0 Å². The van der Waals surface area contributed by atoms with E-state index in [2.05, 4.69) is 20.3 Å². The number of pyridine rings is 1. The van der Waals surface area contributed by atoms with Crippen molar-refractivity contribution in [1.29, 1.82) is 0 Å². The number of alkyl halides is 3. The second kappa shape index (κ2) is 6.72. The van der Waals surface area contributed by atoms with Gasteiger partial charge in [-0.05, 0) is 12.1 Å². The maximum atomic E-state index is 12.6. The third kappa shape index (κ3) is 4.73. The van der Waals surface area contributed by atoms with E-state index in [1.807, 2.05) is 13.8 Å². The van der Waals surface area contributed by atoms with Crippen molar-refractivity contribution < 1.29 is 18.0 Å². The van der Waals surface area contributed by atoms with Crippen LogP contribution in [0, 0.1) is 0 Å². The molecule has 0 saturated carbocycles. The van der Waals surface area contributed by atoms with Crippen molar-refractivity contribution in [3.8, 4) is 0 Å². The lowest BCUT2D eigenvalue weighted by molar-refractivity contribution is -0.141.